The topological polar surface area (TPSA) is 88.3 Å². The molecule has 1 aromatic heterocycles. The van der Waals surface area contributed by atoms with Gasteiger partial charge < -0.3 is 5.43 Å². The number of nitrogens with zero attached hydrogens (tertiary/aromatic N) is 2. The lowest BCUT2D eigenvalue weighted by Gasteiger charge is -2.24. The molecule has 0 amide bonds. The van der Waals surface area contributed by atoms with Crippen LogP contribution in [0.4, 0.5) is 5.82 Å². The first-order chi connectivity index (χ1) is 8.87. The molecule has 1 unspecified atom stereocenters. The van der Waals surface area contributed by atoms with Crippen LogP contribution >= 0.6 is 11.6 Å². The van der Waals surface area contributed by atoms with Crippen LogP contribution < -0.4 is 11.3 Å². The SMILES string of the molecule is CC(C1CC1)N(C)S(=O)(=O)c1cnc(NN)c(Cl)c1. The second-order valence-corrected chi connectivity index (χ2v) is 7.15. The lowest BCUT2D eigenvalue weighted by Crippen LogP contribution is -2.36. The fourth-order valence-corrected chi connectivity index (χ4v) is 3.61. The number of halogens is 1. The number of nitrogens with two attached hydrogens (primary N) is 1. The summed E-state index contributed by atoms with van der Waals surface area (Å²) in [6.07, 6.45) is 3.42. The average molecular weight is 305 g/mol. The maximum atomic E-state index is 12.4. The third kappa shape index (κ3) is 2.84. The van der Waals surface area contributed by atoms with Crippen LogP contribution in [0.1, 0.15) is 19.8 Å². The van der Waals surface area contributed by atoms with Crippen molar-refractivity contribution in [2.45, 2.75) is 30.7 Å². The highest BCUT2D eigenvalue weighted by molar-refractivity contribution is 7.89. The number of anilines is 1. The molecule has 0 aromatic carbocycles. The Labute approximate surface area is 118 Å². The molecule has 1 heterocycles. The first-order valence-corrected chi connectivity index (χ1v) is 7.80. The number of hydrazine groups is 1. The molecule has 0 spiro atoms. The predicted octanol–water partition coefficient (Wildman–Crippen LogP) is 1.44. The molecule has 0 saturated heterocycles. The number of hydrogen-bond donors (Lipinski definition) is 2. The summed E-state index contributed by atoms with van der Waals surface area (Å²) in [6.45, 7) is 1.92. The minimum atomic E-state index is -3.57. The van der Waals surface area contributed by atoms with Gasteiger partial charge in [-0.25, -0.2) is 19.2 Å². The van der Waals surface area contributed by atoms with Crippen molar-refractivity contribution in [3.8, 4) is 0 Å². The Morgan fingerprint density at radius 1 is 1.58 bits per heavy atom. The maximum absolute atomic E-state index is 12.4. The standard InChI is InChI=1S/C11H17ClN4O2S/c1-7(8-3-4-8)16(2)19(17,18)9-5-10(12)11(15-13)14-6-9/h5-8H,3-4,13H2,1-2H3,(H,14,15). The van der Waals surface area contributed by atoms with E-state index >= 15 is 0 Å². The third-order valence-electron chi connectivity index (χ3n) is 3.51. The van der Waals surface area contributed by atoms with Crippen molar-refractivity contribution in [1.29, 1.82) is 0 Å². The van der Waals surface area contributed by atoms with Crippen molar-refractivity contribution in [2.75, 3.05) is 12.5 Å². The van der Waals surface area contributed by atoms with Crippen LogP contribution in [0, 0.1) is 5.92 Å². The van der Waals surface area contributed by atoms with Crippen LogP contribution in [0.25, 0.3) is 0 Å². The molecule has 1 aromatic rings. The van der Waals surface area contributed by atoms with Crippen molar-refractivity contribution < 1.29 is 8.42 Å². The van der Waals surface area contributed by atoms with E-state index in [1.54, 1.807) is 7.05 Å². The molecule has 1 atom stereocenters. The van der Waals surface area contributed by atoms with Gasteiger partial charge >= 0.3 is 0 Å². The fourth-order valence-electron chi connectivity index (χ4n) is 1.93. The van der Waals surface area contributed by atoms with Crippen molar-refractivity contribution in [1.82, 2.24) is 9.29 Å². The van der Waals surface area contributed by atoms with Crippen LogP contribution in [0.2, 0.25) is 5.02 Å². The Hall–Kier alpha value is -0.890. The zero-order chi connectivity index (χ0) is 14.2. The van der Waals surface area contributed by atoms with E-state index in [1.807, 2.05) is 6.92 Å². The molecule has 0 bridgehead atoms. The summed E-state index contributed by atoms with van der Waals surface area (Å²) in [7, 11) is -1.99. The monoisotopic (exact) mass is 304 g/mol. The molecule has 1 saturated carbocycles. The maximum Gasteiger partial charge on any atom is 0.244 e. The number of rotatable bonds is 5. The second-order valence-electron chi connectivity index (χ2n) is 4.75. The first-order valence-electron chi connectivity index (χ1n) is 5.98. The van der Waals surface area contributed by atoms with Gasteiger partial charge in [0.05, 0.1) is 5.02 Å². The van der Waals surface area contributed by atoms with E-state index in [2.05, 4.69) is 10.4 Å². The Kier molecular flexibility index (Phi) is 4.00. The van der Waals surface area contributed by atoms with Crippen LogP contribution in [0.5, 0.6) is 0 Å². The van der Waals surface area contributed by atoms with Gasteiger partial charge in [-0.2, -0.15) is 4.31 Å². The highest BCUT2D eigenvalue weighted by Gasteiger charge is 2.36. The predicted molar refractivity (Wildman–Crippen MR) is 74.2 cm³/mol. The number of nitrogens with one attached hydrogen (secondary N) is 1. The molecule has 1 fully saturated rings. The molecule has 19 heavy (non-hydrogen) atoms. The van der Waals surface area contributed by atoms with Gasteiger partial charge in [0.25, 0.3) is 0 Å². The van der Waals surface area contributed by atoms with E-state index in [1.165, 1.54) is 16.6 Å². The van der Waals surface area contributed by atoms with Gasteiger partial charge in [-0.1, -0.05) is 11.6 Å². The number of sulfonamides is 1. The number of aromatic nitrogens is 1. The second kappa shape index (κ2) is 5.24. The van der Waals surface area contributed by atoms with Gasteiger partial charge in [0.1, 0.15) is 4.90 Å². The lowest BCUT2D eigenvalue weighted by molar-refractivity contribution is 0.357. The van der Waals surface area contributed by atoms with E-state index in [0.717, 1.165) is 12.8 Å². The molecular weight excluding hydrogens is 288 g/mol. The van der Waals surface area contributed by atoms with E-state index in [4.69, 9.17) is 17.4 Å². The molecule has 1 aliphatic carbocycles. The van der Waals surface area contributed by atoms with Gasteiger partial charge in [-0.15, -0.1) is 0 Å². The summed E-state index contributed by atoms with van der Waals surface area (Å²) in [5.41, 5.74) is 2.30. The van der Waals surface area contributed by atoms with E-state index in [0.29, 0.717) is 5.92 Å². The van der Waals surface area contributed by atoms with Crippen molar-refractivity contribution in [3.05, 3.63) is 17.3 Å². The van der Waals surface area contributed by atoms with Gasteiger partial charge in [0.15, 0.2) is 5.82 Å². The van der Waals surface area contributed by atoms with E-state index in [9.17, 15) is 8.42 Å². The molecule has 0 radical (unpaired) electrons. The highest BCUT2D eigenvalue weighted by atomic mass is 35.5. The quantitative estimate of drug-likeness (QED) is 0.635. The Bertz CT molecular complexity index is 574. The number of hydrogen-bond acceptors (Lipinski definition) is 5. The van der Waals surface area contributed by atoms with Crippen LogP contribution in [-0.4, -0.2) is 30.8 Å². The van der Waals surface area contributed by atoms with Crippen molar-refractivity contribution >= 4 is 27.4 Å². The van der Waals surface area contributed by atoms with Crippen LogP contribution in [0.3, 0.4) is 0 Å². The summed E-state index contributed by atoms with van der Waals surface area (Å²) in [6, 6.07) is 1.34. The first kappa shape index (κ1) is 14.5. The van der Waals surface area contributed by atoms with Gasteiger partial charge in [-0.05, 0) is 31.7 Å². The molecule has 3 N–H and O–H groups in total. The normalized spacial score (nSPS) is 17.5. The van der Waals surface area contributed by atoms with E-state index < -0.39 is 10.0 Å². The summed E-state index contributed by atoms with van der Waals surface area (Å²) < 4.78 is 26.2. The smallest absolute Gasteiger partial charge is 0.244 e. The fraction of sp³-hybridized carbons (Fsp3) is 0.545. The summed E-state index contributed by atoms with van der Waals surface area (Å²) in [5.74, 6) is 5.91. The lowest BCUT2D eigenvalue weighted by atomic mass is 10.2. The Morgan fingerprint density at radius 3 is 2.68 bits per heavy atom. The molecule has 1 aliphatic rings. The molecule has 8 heteroatoms. The molecule has 6 nitrogen and oxygen atoms in total. The summed E-state index contributed by atoms with van der Waals surface area (Å²) >= 11 is 5.91. The molecule has 0 aliphatic heterocycles. The highest BCUT2D eigenvalue weighted by Crippen LogP contribution is 2.36. The summed E-state index contributed by atoms with van der Waals surface area (Å²) in [5, 5.41) is 0.177. The Morgan fingerprint density at radius 2 is 2.21 bits per heavy atom. The van der Waals surface area contributed by atoms with E-state index in [-0.39, 0.29) is 21.8 Å². The van der Waals surface area contributed by atoms with Gasteiger partial charge in [-0.3, -0.25) is 0 Å². The molecular formula is C11H17ClN4O2S. The van der Waals surface area contributed by atoms with Crippen molar-refractivity contribution in [2.24, 2.45) is 11.8 Å². The van der Waals surface area contributed by atoms with Crippen LogP contribution in [0.15, 0.2) is 17.2 Å². The minimum absolute atomic E-state index is 0.0175. The molecule has 106 valence electrons. The zero-order valence-electron chi connectivity index (χ0n) is 10.8. The third-order valence-corrected chi connectivity index (χ3v) is 5.71. The summed E-state index contributed by atoms with van der Waals surface area (Å²) in [4.78, 5) is 3.97. The molecule has 2 rings (SSSR count). The van der Waals surface area contributed by atoms with Crippen molar-refractivity contribution in [3.63, 3.8) is 0 Å². The number of nitrogen functional groups attached to an aromatic ring is 1. The number of pyridine rings is 1. The van der Waals surface area contributed by atoms with Gasteiger partial charge in [0.2, 0.25) is 10.0 Å². The zero-order valence-corrected chi connectivity index (χ0v) is 12.4. The van der Waals surface area contributed by atoms with Gasteiger partial charge in [0, 0.05) is 19.3 Å². The minimum Gasteiger partial charge on any atom is -0.307 e. The largest absolute Gasteiger partial charge is 0.307 e. The Balaban J connectivity index is 2.30. The van der Waals surface area contributed by atoms with Crippen LogP contribution in [-0.2, 0) is 10.0 Å². The average Bonchev–Trinajstić information content (AvgIpc) is 3.21.